The molecule has 3 nitrogen and oxygen atoms in total. The van der Waals surface area contributed by atoms with Gasteiger partial charge in [-0.25, -0.2) is 0 Å². The maximum absolute atomic E-state index is 5.97. The molecule has 0 bridgehead atoms. The van der Waals surface area contributed by atoms with Crippen molar-refractivity contribution < 1.29 is 4.74 Å². The standard InChI is InChI=1S/C16H26N2O/c1-3-17-13-15-12-14(2)6-7-16(15)19-11-10-18-8-4-5-9-18/h6-7,12,17H,3-5,8-11,13H2,1-2H3. The summed E-state index contributed by atoms with van der Waals surface area (Å²) in [4.78, 5) is 2.48. The fourth-order valence-corrected chi connectivity index (χ4v) is 2.54. The van der Waals surface area contributed by atoms with Crippen LogP contribution in [0.5, 0.6) is 5.75 Å². The van der Waals surface area contributed by atoms with E-state index in [4.69, 9.17) is 4.74 Å². The molecule has 0 atom stereocenters. The zero-order valence-corrected chi connectivity index (χ0v) is 12.2. The monoisotopic (exact) mass is 262 g/mol. The van der Waals surface area contributed by atoms with E-state index in [0.717, 1.165) is 32.0 Å². The fourth-order valence-electron chi connectivity index (χ4n) is 2.54. The van der Waals surface area contributed by atoms with Crippen molar-refractivity contribution in [1.82, 2.24) is 10.2 Å². The molecule has 0 unspecified atom stereocenters. The van der Waals surface area contributed by atoms with Gasteiger partial charge in [0.15, 0.2) is 0 Å². The van der Waals surface area contributed by atoms with Crippen molar-refractivity contribution in [2.75, 3.05) is 32.8 Å². The molecular weight excluding hydrogens is 236 g/mol. The molecule has 3 heteroatoms. The van der Waals surface area contributed by atoms with E-state index in [9.17, 15) is 0 Å². The summed E-state index contributed by atoms with van der Waals surface area (Å²) in [7, 11) is 0. The highest BCUT2D eigenvalue weighted by molar-refractivity contribution is 5.36. The van der Waals surface area contributed by atoms with Crippen molar-refractivity contribution in [3.8, 4) is 5.75 Å². The summed E-state index contributed by atoms with van der Waals surface area (Å²) in [5, 5.41) is 3.37. The van der Waals surface area contributed by atoms with Gasteiger partial charge in [-0.05, 0) is 45.5 Å². The summed E-state index contributed by atoms with van der Waals surface area (Å²) in [6.07, 6.45) is 2.69. The molecule has 0 aliphatic carbocycles. The minimum atomic E-state index is 0.794. The number of hydrogen-bond donors (Lipinski definition) is 1. The van der Waals surface area contributed by atoms with Gasteiger partial charge in [-0.1, -0.05) is 24.6 Å². The van der Waals surface area contributed by atoms with E-state index in [1.54, 1.807) is 0 Å². The molecule has 1 fully saturated rings. The van der Waals surface area contributed by atoms with Gasteiger partial charge in [0.1, 0.15) is 12.4 Å². The Kier molecular flexibility index (Phi) is 5.67. The van der Waals surface area contributed by atoms with Crippen molar-refractivity contribution in [3.05, 3.63) is 29.3 Å². The van der Waals surface area contributed by atoms with Crippen molar-refractivity contribution in [1.29, 1.82) is 0 Å². The molecule has 1 aliphatic rings. The lowest BCUT2D eigenvalue weighted by molar-refractivity contribution is 0.236. The molecule has 0 aromatic heterocycles. The summed E-state index contributed by atoms with van der Waals surface area (Å²) in [5.74, 6) is 1.03. The zero-order chi connectivity index (χ0) is 13.5. The van der Waals surface area contributed by atoms with Gasteiger partial charge in [-0.3, -0.25) is 4.90 Å². The van der Waals surface area contributed by atoms with Crippen LogP contribution in [0.25, 0.3) is 0 Å². The normalized spacial score (nSPS) is 15.9. The van der Waals surface area contributed by atoms with Crippen LogP contribution in [0.15, 0.2) is 18.2 Å². The second kappa shape index (κ2) is 7.51. The first-order valence-corrected chi connectivity index (χ1v) is 7.45. The first kappa shape index (κ1) is 14.4. The predicted molar refractivity (Wildman–Crippen MR) is 79.7 cm³/mol. The summed E-state index contributed by atoms with van der Waals surface area (Å²) in [6, 6.07) is 6.44. The molecular formula is C16H26N2O. The van der Waals surface area contributed by atoms with Crippen molar-refractivity contribution in [2.45, 2.75) is 33.2 Å². The number of benzene rings is 1. The largest absolute Gasteiger partial charge is 0.492 e. The van der Waals surface area contributed by atoms with E-state index < -0.39 is 0 Å². The molecule has 1 aliphatic heterocycles. The average molecular weight is 262 g/mol. The molecule has 19 heavy (non-hydrogen) atoms. The smallest absolute Gasteiger partial charge is 0.123 e. The van der Waals surface area contributed by atoms with Crippen LogP contribution >= 0.6 is 0 Å². The second-order valence-corrected chi connectivity index (χ2v) is 5.29. The molecule has 2 rings (SSSR count). The van der Waals surface area contributed by atoms with Crippen LogP contribution in [0.4, 0.5) is 0 Å². The minimum Gasteiger partial charge on any atom is -0.492 e. The first-order chi connectivity index (χ1) is 9.29. The molecule has 1 aromatic carbocycles. The quantitative estimate of drug-likeness (QED) is 0.817. The Balaban J connectivity index is 1.86. The topological polar surface area (TPSA) is 24.5 Å². The van der Waals surface area contributed by atoms with Gasteiger partial charge < -0.3 is 10.1 Å². The highest BCUT2D eigenvalue weighted by atomic mass is 16.5. The summed E-state index contributed by atoms with van der Waals surface area (Å²) < 4.78 is 5.97. The summed E-state index contributed by atoms with van der Waals surface area (Å²) >= 11 is 0. The fraction of sp³-hybridized carbons (Fsp3) is 0.625. The van der Waals surface area contributed by atoms with Gasteiger partial charge in [0.2, 0.25) is 0 Å². The van der Waals surface area contributed by atoms with Crippen LogP contribution in [-0.2, 0) is 6.54 Å². The Morgan fingerprint density at radius 1 is 1.26 bits per heavy atom. The minimum absolute atomic E-state index is 0.794. The third-order valence-corrected chi connectivity index (χ3v) is 3.65. The van der Waals surface area contributed by atoms with Gasteiger partial charge in [0, 0.05) is 18.7 Å². The van der Waals surface area contributed by atoms with Gasteiger partial charge in [-0.15, -0.1) is 0 Å². The lowest BCUT2D eigenvalue weighted by Gasteiger charge is -2.17. The molecule has 0 spiro atoms. The number of likely N-dealkylation sites (tertiary alicyclic amines) is 1. The SMILES string of the molecule is CCNCc1cc(C)ccc1OCCN1CCCC1. The molecule has 106 valence electrons. The summed E-state index contributed by atoms with van der Waals surface area (Å²) in [6.45, 7) is 10.4. The maximum atomic E-state index is 5.97. The van der Waals surface area contributed by atoms with Gasteiger partial charge in [0.25, 0.3) is 0 Å². The van der Waals surface area contributed by atoms with Crippen LogP contribution in [0.1, 0.15) is 30.9 Å². The van der Waals surface area contributed by atoms with Crippen LogP contribution in [0.2, 0.25) is 0 Å². The number of hydrogen-bond acceptors (Lipinski definition) is 3. The van der Waals surface area contributed by atoms with E-state index in [1.165, 1.54) is 37.1 Å². The Labute approximate surface area is 116 Å². The lowest BCUT2D eigenvalue weighted by atomic mass is 10.1. The lowest BCUT2D eigenvalue weighted by Crippen LogP contribution is -2.25. The number of aryl methyl sites for hydroxylation is 1. The van der Waals surface area contributed by atoms with E-state index in [1.807, 2.05) is 0 Å². The molecule has 0 amide bonds. The van der Waals surface area contributed by atoms with Gasteiger partial charge in [-0.2, -0.15) is 0 Å². The Morgan fingerprint density at radius 3 is 2.79 bits per heavy atom. The highest BCUT2D eigenvalue weighted by Gasteiger charge is 2.11. The number of nitrogens with one attached hydrogen (secondary N) is 1. The third kappa shape index (κ3) is 4.51. The predicted octanol–water partition coefficient (Wildman–Crippen LogP) is 2.58. The molecule has 1 N–H and O–H groups in total. The zero-order valence-electron chi connectivity index (χ0n) is 12.2. The van der Waals surface area contributed by atoms with E-state index >= 15 is 0 Å². The van der Waals surface area contributed by atoms with E-state index in [2.05, 4.69) is 42.3 Å². The second-order valence-electron chi connectivity index (χ2n) is 5.29. The Hall–Kier alpha value is -1.06. The van der Waals surface area contributed by atoms with Crippen molar-refractivity contribution >= 4 is 0 Å². The average Bonchev–Trinajstić information content (AvgIpc) is 2.91. The van der Waals surface area contributed by atoms with Gasteiger partial charge in [0.05, 0.1) is 0 Å². The van der Waals surface area contributed by atoms with Gasteiger partial charge >= 0.3 is 0 Å². The maximum Gasteiger partial charge on any atom is 0.123 e. The molecule has 0 saturated carbocycles. The van der Waals surface area contributed by atoms with E-state index in [0.29, 0.717) is 0 Å². The third-order valence-electron chi connectivity index (χ3n) is 3.65. The van der Waals surface area contributed by atoms with Crippen LogP contribution in [0.3, 0.4) is 0 Å². The number of rotatable bonds is 7. The summed E-state index contributed by atoms with van der Waals surface area (Å²) in [5.41, 5.74) is 2.56. The van der Waals surface area contributed by atoms with Crippen LogP contribution in [0, 0.1) is 6.92 Å². The molecule has 0 radical (unpaired) electrons. The van der Waals surface area contributed by atoms with E-state index in [-0.39, 0.29) is 0 Å². The highest BCUT2D eigenvalue weighted by Crippen LogP contribution is 2.20. The van der Waals surface area contributed by atoms with Crippen molar-refractivity contribution in [3.63, 3.8) is 0 Å². The molecule has 1 saturated heterocycles. The molecule has 1 aromatic rings. The molecule has 1 heterocycles. The Morgan fingerprint density at radius 2 is 2.05 bits per heavy atom. The van der Waals surface area contributed by atoms with Crippen LogP contribution < -0.4 is 10.1 Å². The van der Waals surface area contributed by atoms with Crippen LogP contribution in [-0.4, -0.2) is 37.7 Å². The van der Waals surface area contributed by atoms with Crippen molar-refractivity contribution in [2.24, 2.45) is 0 Å². The Bertz CT molecular complexity index is 386. The first-order valence-electron chi connectivity index (χ1n) is 7.45. The number of nitrogens with zero attached hydrogens (tertiary/aromatic N) is 1. The number of ether oxygens (including phenoxy) is 1.